The Morgan fingerprint density at radius 1 is 1.38 bits per heavy atom. The molecule has 0 aromatic carbocycles. The highest BCUT2D eigenvalue weighted by Crippen LogP contribution is 2.29. The van der Waals surface area contributed by atoms with Crippen molar-refractivity contribution in [2.45, 2.75) is 18.6 Å². The first-order valence-electron chi connectivity index (χ1n) is 5.73. The zero-order valence-electron chi connectivity index (χ0n) is 10.2. The van der Waals surface area contributed by atoms with E-state index in [2.05, 4.69) is 25.7 Å². The van der Waals surface area contributed by atoms with Crippen molar-refractivity contribution < 1.29 is 22.8 Å². The number of alkyl halides is 3. The predicted molar refractivity (Wildman–Crippen MR) is 61.0 cm³/mol. The maximum absolute atomic E-state index is 12.8. The molecule has 2 N–H and O–H groups in total. The number of aromatic nitrogens is 4. The van der Waals surface area contributed by atoms with Gasteiger partial charge in [-0.05, 0) is 0 Å². The first kappa shape index (κ1) is 13.3. The van der Waals surface area contributed by atoms with E-state index in [-0.39, 0.29) is 18.0 Å². The molecule has 8 nitrogen and oxygen atoms in total. The number of imide groups is 1. The van der Waals surface area contributed by atoms with Gasteiger partial charge in [0.25, 0.3) is 5.78 Å². The van der Waals surface area contributed by atoms with E-state index in [0.717, 1.165) is 10.8 Å². The van der Waals surface area contributed by atoms with Crippen LogP contribution in [0.3, 0.4) is 0 Å². The van der Waals surface area contributed by atoms with E-state index in [0.29, 0.717) is 6.07 Å². The minimum absolute atomic E-state index is 0.125. The normalized spacial score (nSPS) is 19.1. The average molecular weight is 300 g/mol. The van der Waals surface area contributed by atoms with Gasteiger partial charge in [0.1, 0.15) is 18.2 Å². The Labute approximate surface area is 114 Å². The topological polar surface area (TPSA) is 101 Å². The lowest BCUT2D eigenvalue weighted by Gasteiger charge is -2.13. The molecule has 1 unspecified atom stereocenters. The van der Waals surface area contributed by atoms with Crippen LogP contribution in [0.15, 0.2) is 12.4 Å². The molecule has 1 atom stereocenters. The lowest BCUT2D eigenvalue weighted by molar-refractivity contribution is -0.141. The molecular weight excluding hydrogens is 293 g/mol. The Balaban J connectivity index is 2.02. The SMILES string of the molecule is O=C1CC(Nc2cc(C(F)(F)F)nc3ncnn23)C(=O)N1. The minimum atomic E-state index is -4.67. The zero-order chi connectivity index (χ0) is 15.2. The van der Waals surface area contributed by atoms with E-state index in [1.54, 1.807) is 0 Å². The van der Waals surface area contributed by atoms with E-state index in [9.17, 15) is 22.8 Å². The van der Waals surface area contributed by atoms with Crippen LogP contribution in [0.2, 0.25) is 0 Å². The number of fused-ring (bicyclic) bond motifs is 1. The monoisotopic (exact) mass is 300 g/mol. The number of nitrogens with zero attached hydrogens (tertiary/aromatic N) is 4. The Hall–Kier alpha value is -2.72. The summed E-state index contributed by atoms with van der Waals surface area (Å²) in [5.74, 6) is -1.51. The standard InChI is InChI=1S/C10H7F3N6O2/c11-10(12,13)5-2-6(19-9(17-5)14-3-15-19)16-4-1-7(20)18-8(4)21/h2-4,16H,1H2,(H,18,20,21). The molecule has 0 saturated carbocycles. The van der Waals surface area contributed by atoms with Gasteiger partial charge in [-0.3, -0.25) is 14.9 Å². The molecule has 110 valence electrons. The number of nitrogens with one attached hydrogen (secondary N) is 2. The van der Waals surface area contributed by atoms with Crippen molar-refractivity contribution in [2.75, 3.05) is 5.32 Å². The first-order valence-corrected chi connectivity index (χ1v) is 5.73. The third-order valence-electron chi connectivity index (χ3n) is 2.83. The van der Waals surface area contributed by atoms with Crippen LogP contribution in [-0.4, -0.2) is 37.4 Å². The average Bonchev–Trinajstić information content (AvgIpc) is 2.95. The highest BCUT2D eigenvalue weighted by Gasteiger charge is 2.35. The van der Waals surface area contributed by atoms with E-state index in [1.807, 2.05) is 0 Å². The minimum Gasteiger partial charge on any atom is -0.358 e. The molecule has 21 heavy (non-hydrogen) atoms. The molecule has 3 rings (SSSR count). The van der Waals surface area contributed by atoms with Crippen molar-refractivity contribution in [2.24, 2.45) is 0 Å². The van der Waals surface area contributed by atoms with E-state index in [1.165, 1.54) is 0 Å². The number of amides is 2. The predicted octanol–water partition coefficient (Wildman–Crippen LogP) is -0.0299. The van der Waals surface area contributed by atoms with Crippen molar-refractivity contribution in [1.29, 1.82) is 0 Å². The number of halogens is 3. The molecule has 3 heterocycles. The second-order valence-corrected chi connectivity index (χ2v) is 4.31. The van der Waals surface area contributed by atoms with Crippen LogP contribution in [-0.2, 0) is 15.8 Å². The third-order valence-corrected chi connectivity index (χ3v) is 2.83. The molecule has 0 spiro atoms. The number of anilines is 1. The second-order valence-electron chi connectivity index (χ2n) is 4.31. The number of carbonyl (C=O) groups excluding carboxylic acids is 2. The fourth-order valence-corrected chi connectivity index (χ4v) is 1.91. The third kappa shape index (κ3) is 2.37. The van der Waals surface area contributed by atoms with Crippen LogP contribution in [0, 0.1) is 0 Å². The van der Waals surface area contributed by atoms with Gasteiger partial charge < -0.3 is 5.32 Å². The van der Waals surface area contributed by atoms with Gasteiger partial charge in [-0.2, -0.15) is 27.8 Å². The van der Waals surface area contributed by atoms with Gasteiger partial charge in [-0.1, -0.05) is 0 Å². The van der Waals surface area contributed by atoms with Gasteiger partial charge in [-0.15, -0.1) is 0 Å². The lowest BCUT2D eigenvalue weighted by atomic mass is 10.2. The summed E-state index contributed by atoms with van der Waals surface area (Å²) in [4.78, 5) is 29.5. The van der Waals surface area contributed by atoms with Crippen LogP contribution in [0.1, 0.15) is 12.1 Å². The van der Waals surface area contributed by atoms with Crippen LogP contribution in [0.4, 0.5) is 19.0 Å². The zero-order valence-corrected chi connectivity index (χ0v) is 10.2. The molecule has 1 aliphatic rings. The molecule has 0 aliphatic carbocycles. The van der Waals surface area contributed by atoms with Gasteiger partial charge >= 0.3 is 6.18 Å². The fourth-order valence-electron chi connectivity index (χ4n) is 1.91. The van der Waals surface area contributed by atoms with Gasteiger partial charge in [0.15, 0.2) is 5.69 Å². The second kappa shape index (κ2) is 4.40. The summed E-state index contributed by atoms with van der Waals surface area (Å²) in [5.41, 5.74) is -1.17. The number of carbonyl (C=O) groups is 2. The van der Waals surface area contributed by atoms with Gasteiger partial charge in [0.05, 0.1) is 6.42 Å². The van der Waals surface area contributed by atoms with E-state index in [4.69, 9.17) is 0 Å². The molecule has 1 saturated heterocycles. The Bertz CT molecular complexity index is 740. The molecule has 2 aromatic heterocycles. The summed E-state index contributed by atoms with van der Waals surface area (Å²) in [6.07, 6.45) is -3.80. The smallest absolute Gasteiger partial charge is 0.358 e. The molecule has 2 amide bonds. The highest BCUT2D eigenvalue weighted by atomic mass is 19.4. The Morgan fingerprint density at radius 3 is 2.76 bits per heavy atom. The Kier molecular flexibility index (Phi) is 2.78. The summed E-state index contributed by atoms with van der Waals surface area (Å²) >= 11 is 0. The summed E-state index contributed by atoms with van der Waals surface area (Å²) in [6.45, 7) is 0. The number of hydrogen-bond donors (Lipinski definition) is 2. The van der Waals surface area contributed by atoms with Crippen LogP contribution in [0.25, 0.3) is 5.78 Å². The molecule has 2 aromatic rings. The quantitative estimate of drug-likeness (QED) is 0.755. The van der Waals surface area contributed by atoms with E-state index >= 15 is 0 Å². The summed E-state index contributed by atoms with van der Waals surface area (Å²) in [7, 11) is 0. The highest BCUT2D eigenvalue weighted by molar-refractivity contribution is 6.06. The van der Waals surface area contributed by atoms with Crippen molar-refractivity contribution in [1.82, 2.24) is 24.9 Å². The summed E-state index contributed by atoms with van der Waals surface area (Å²) < 4.78 is 39.3. The maximum Gasteiger partial charge on any atom is 0.433 e. The molecule has 1 fully saturated rings. The van der Waals surface area contributed by atoms with Gasteiger partial charge in [0, 0.05) is 6.07 Å². The number of rotatable bonds is 2. The van der Waals surface area contributed by atoms with Crippen molar-refractivity contribution in [3.8, 4) is 0 Å². The van der Waals surface area contributed by atoms with Crippen molar-refractivity contribution in [3.05, 3.63) is 18.1 Å². The van der Waals surface area contributed by atoms with Crippen molar-refractivity contribution >= 4 is 23.4 Å². The lowest BCUT2D eigenvalue weighted by Crippen LogP contribution is -2.31. The Morgan fingerprint density at radius 2 is 2.14 bits per heavy atom. The van der Waals surface area contributed by atoms with Crippen LogP contribution >= 0.6 is 0 Å². The van der Waals surface area contributed by atoms with Crippen LogP contribution in [0.5, 0.6) is 0 Å². The fraction of sp³-hybridized carbons (Fsp3) is 0.300. The summed E-state index contributed by atoms with van der Waals surface area (Å²) in [6, 6.07) is -0.258. The van der Waals surface area contributed by atoms with E-state index < -0.39 is 29.7 Å². The van der Waals surface area contributed by atoms with Gasteiger partial charge in [0.2, 0.25) is 11.8 Å². The molecule has 0 bridgehead atoms. The first-order chi connectivity index (χ1) is 9.84. The van der Waals surface area contributed by atoms with Gasteiger partial charge in [-0.25, -0.2) is 4.98 Å². The largest absolute Gasteiger partial charge is 0.433 e. The maximum atomic E-state index is 12.8. The summed E-state index contributed by atoms with van der Waals surface area (Å²) in [5, 5.41) is 8.33. The number of hydrogen-bond acceptors (Lipinski definition) is 6. The van der Waals surface area contributed by atoms with Crippen molar-refractivity contribution in [3.63, 3.8) is 0 Å². The molecule has 11 heteroatoms. The molecule has 0 radical (unpaired) electrons. The molecular formula is C10H7F3N6O2. The molecule has 1 aliphatic heterocycles. The van der Waals surface area contributed by atoms with Crippen LogP contribution < -0.4 is 10.6 Å².